The molecule has 0 fully saturated rings. The van der Waals surface area contributed by atoms with Crippen LogP contribution in [0.25, 0.3) is 11.1 Å². The Morgan fingerprint density at radius 3 is 1.96 bits per heavy atom. The third-order valence-electron chi connectivity index (χ3n) is 8.58. The van der Waals surface area contributed by atoms with E-state index in [2.05, 4.69) is 21.3 Å². The summed E-state index contributed by atoms with van der Waals surface area (Å²) >= 11 is 0. The predicted molar refractivity (Wildman–Crippen MR) is 196 cm³/mol. The number of rotatable bonds is 14. The van der Waals surface area contributed by atoms with Crippen molar-refractivity contribution in [3.05, 3.63) is 124 Å². The van der Waals surface area contributed by atoms with Crippen LogP contribution in [0.5, 0.6) is 5.75 Å². The van der Waals surface area contributed by atoms with Crippen molar-refractivity contribution in [1.29, 1.82) is 0 Å². The number of non-ortho nitro benzene ring substituents is 1. The fourth-order valence-electron chi connectivity index (χ4n) is 5.77. The van der Waals surface area contributed by atoms with Crippen LogP contribution >= 0.6 is 0 Å². The van der Waals surface area contributed by atoms with Gasteiger partial charge in [0.25, 0.3) is 5.69 Å². The summed E-state index contributed by atoms with van der Waals surface area (Å²) in [6.45, 7) is 4.47. The topological polar surface area (TPSA) is 204 Å². The monoisotopic (exact) mass is 737 g/mol. The highest BCUT2D eigenvalue weighted by atomic mass is 16.7. The highest BCUT2D eigenvalue weighted by Gasteiger charge is 2.30. The van der Waals surface area contributed by atoms with Gasteiger partial charge >= 0.3 is 12.2 Å². The van der Waals surface area contributed by atoms with Gasteiger partial charge in [-0.25, -0.2) is 9.59 Å². The molecule has 0 saturated heterocycles. The molecule has 4 N–H and O–H groups in total. The van der Waals surface area contributed by atoms with Crippen molar-refractivity contribution in [3.63, 3.8) is 0 Å². The fraction of sp³-hybridized carbons (Fsp3) is 0.256. The first-order valence-corrected chi connectivity index (χ1v) is 17.1. The smallest absolute Gasteiger partial charge is 0.449 e. The Labute approximate surface area is 310 Å². The summed E-state index contributed by atoms with van der Waals surface area (Å²) in [5, 5.41) is 21.1. The fourth-order valence-corrected chi connectivity index (χ4v) is 5.77. The first kappa shape index (κ1) is 38.5. The normalized spacial score (nSPS) is 12.7. The number of hydrogen-bond donors (Lipinski definition) is 4. The molecule has 1 aliphatic carbocycles. The average Bonchev–Trinajstić information content (AvgIpc) is 3.48. The molecule has 0 unspecified atom stereocenters. The summed E-state index contributed by atoms with van der Waals surface area (Å²) in [7, 11) is 0. The number of nitrogens with zero attached hydrogens (tertiary/aromatic N) is 1. The highest BCUT2D eigenvalue weighted by Crippen LogP contribution is 2.44. The van der Waals surface area contributed by atoms with E-state index in [1.807, 2.05) is 48.5 Å². The lowest BCUT2D eigenvalue weighted by atomic mass is 9.98. The van der Waals surface area contributed by atoms with Crippen LogP contribution in [0.2, 0.25) is 0 Å². The van der Waals surface area contributed by atoms with Crippen LogP contribution in [0.1, 0.15) is 43.4 Å². The van der Waals surface area contributed by atoms with E-state index in [1.165, 1.54) is 31.2 Å². The van der Waals surface area contributed by atoms with Gasteiger partial charge in [-0.2, -0.15) is 0 Å². The van der Waals surface area contributed by atoms with Crippen molar-refractivity contribution in [2.75, 3.05) is 18.5 Å². The van der Waals surface area contributed by atoms with E-state index in [1.54, 1.807) is 38.1 Å². The minimum absolute atomic E-state index is 0.0788. The van der Waals surface area contributed by atoms with Crippen LogP contribution in [0.3, 0.4) is 0 Å². The molecule has 54 heavy (non-hydrogen) atoms. The van der Waals surface area contributed by atoms with Gasteiger partial charge in [0.1, 0.15) is 37.6 Å². The summed E-state index contributed by atoms with van der Waals surface area (Å²) in [4.78, 5) is 73.4. The first-order valence-electron chi connectivity index (χ1n) is 17.1. The van der Waals surface area contributed by atoms with Gasteiger partial charge in [-0.1, -0.05) is 74.5 Å². The molecule has 0 bridgehead atoms. The summed E-state index contributed by atoms with van der Waals surface area (Å²) in [6.07, 6.45) is -1.78. The molecule has 4 aromatic carbocycles. The van der Waals surface area contributed by atoms with Gasteiger partial charge in [-0.05, 0) is 64.9 Å². The average molecular weight is 738 g/mol. The summed E-state index contributed by atoms with van der Waals surface area (Å²) < 4.78 is 15.6. The molecule has 280 valence electrons. The van der Waals surface area contributed by atoms with E-state index in [9.17, 15) is 34.1 Å². The van der Waals surface area contributed by atoms with E-state index in [4.69, 9.17) is 14.2 Å². The SMILES string of the molecule is CC(C)[C@H](NC(=O)CNC(=O)OCC1c2ccccc2-c2ccccc21)C(=O)N[C@@H](C)C(=O)Nc1ccc(COC(=O)Oc2ccc([N+](=O)[O-])cc2)cc1. The van der Waals surface area contributed by atoms with Gasteiger partial charge in [0, 0.05) is 23.7 Å². The number of ether oxygens (including phenoxy) is 3. The van der Waals surface area contributed by atoms with Crippen molar-refractivity contribution < 1.29 is 43.1 Å². The lowest BCUT2D eigenvalue weighted by Crippen LogP contribution is -2.55. The maximum absolute atomic E-state index is 13.1. The van der Waals surface area contributed by atoms with Gasteiger partial charge in [-0.15, -0.1) is 0 Å². The van der Waals surface area contributed by atoms with Crippen molar-refractivity contribution in [2.24, 2.45) is 5.92 Å². The molecule has 15 heteroatoms. The van der Waals surface area contributed by atoms with E-state index in [0.717, 1.165) is 22.3 Å². The molecule has 0 aliphatic heterocycles. The number of anilines is 1. The minimum Gasteiger partial charge on any atom is -0.449 e. The Balaban J connectivity index is 1.03. The van der Waals surface area contributed by atoms with Crippen molar-refractivity contribution in [1.82, 2.24) is 16.0 Å². The molecule has 0 spiro atoms. The lowest BCUT2D eigenvalue weighted by Gasteiger charge is -2.24. The number of amides is 4. The number of nitro benzene ring substituents is 1. The molecule has 1 aliphatic rings. The number of nitro groups is 1. The summed E-state index contributed by atoms with van der Waals surface area (Å²) in [5.41, 5.74) is 5.14. The molecule has 5 rings (SSSR count). The van der Waals surface area contributed by atoms with E-state index in [-0.39, 0.29) is 36.5 Å². The number of hydrogen-bond acceptors (Lipinski definition) is 10. The van der Waals surface area contributed by atoms with Crippen molar-refractivity contribution >= 4 is 41.3 Å². The number of carbonyl (C=O) groups excluding carboxylic acids is 5. The molecule has 15 nitrogen and oxygen atoms in total. The number of alkyl carbamates (subject to hydrolysis) is 1. The zero-order chi connectivity index (χ0) is 38.8. The molecule has 4 amide bonds. The zero-order valence-electron chi connectivity index (χ0n) is 29.7. The molecular formula is C39H39N5O10. The quantitative estimate of drug-likeness (QED) is 0.0559. The second-order valence-electron chi connectivity index (χ2n) is 12.8. The summed E-state index contributed by atoms with van der Waals surface area (Å²) in [5.74, 6) is -2.13. The van der Waals surface area contributed by atoms with Crippen molar-refractivity contribution in [3.8, 4) is 16.9 Å². The number of carbonyl (C=O) groups is 5. The van der Waals surface area contributed by atoms with Gasteiger partial charge in [0.15, 0.2) is 0 Å². The van der Waals surface area contributed by atoms with Crippen LogP contribution in [0.15, 0.2) is 97.1 Å². The second kappa shape index (κ2) is 17.6. The molecule has 0 heterocycles. The van der Waals surface area contributed by atoms with E-state index >= 15 is 0 Å². The van der Waals surface area contributed by atoms with Crippen LogP contribution in [0.4, 0.5) is 21.0 Å². The van der Waals surface area contributed by atoms with Crippen LogP contribution in [-0.2, 0) is 30.5 Å². The molecule has 2 atom stereocenters. The van der Waals surface area contributed by atoms with Gasteiger partial charge in [0.05, 0.1) is 4.92 Å². The van der Waals surface area contributed by atoms with E-state index in [0.29, 0.717) is 11.3 Å². The van der Waals surface area contributed by atoms with E-state index < -0.39 is 53.5 Å². The second-order valence-corrected chi connectivity index (χ2v) is 12.8. The Morgan fingerprint density at radius 1 is 0.759 bits per heavy atom. The maximum atomic E-state index is 13.1. The van der Waals surface area contributed by atoms with Gasteiger partial charge in [0.2, 0.25) is 17.7 Å². The Kier molecular flexibility index (Phi) is 12.6. The molecular weight excluding hydrogens is 698 g/mol. The highest BCUT2D eigenvalue weighted by molar-refractivity contribution is 5.98. The zero-order valence-corrected chi connectivity index (χ0v) is 29.7. The Morgan fingerprint density at radius 2 is 1.37 bits per heavy atom. The number of fused-ring (bicyclic) bond motifs is 3. The molecule has 0 saturated carbocycles. The third-order valence-corrected chi connectivity index (χ3v) is 8.58. The standard InChI is InChI=1S/C39H39N5O10/c1-23(2)35(43-34(45)20-40-38(48)52-22-33-31-10-6-4-8-29(31)30-9-5-7-11-32(30)33)37(47)41-24(3)36(46)42-26-14-12-25(13-15-26)21-53-39(49)54-28-18-16-27(17-19-28)44(50)51/h4-19,23-24,33,35H,20-22H2,1-3H3,(H,40,48)(H,41,47)(H,42,46)(H,43,45)/t24-,35-/m0/s1. The van der Waals surface area contributed by atoms with Gasteiger partial charge < -0.3 is 35.5 Å². The number of benzene rings is 4. The summed E-state index contributed by atoms with van der Waals surface area (Å²) in [6, 6.07) is 25.2. The van der Waals surface area contributed by atoms with Crippen LogP contribution in [-0.4, -0.2) is 60.1 Å². The number of nitrogens with one attached hydrogen (secondary N) is 4. The maximum Gasteiger partial charge on any atom is 0.514 e. The Bertz CT molecular complexity index is 1970. The molecule has 0 radical (unpaired) electrons. The Hall–Kier alpha value is -6.77. The third kappa shape index (κ3) is 9.97. The molecule has 4 aromatic rings. The van der Waals surface area contributed by atoms with Crippen LogP contribution in [0, 0.1) is 16.0 Å². The first-order chi connectivity index (χ1) is 25.9. The predicted octanol–water partition coefficient (Wildman–Crippen LogP) is 5.43. The minimum atomic E-state index is -1.01. The van der Waals surface area contributed by atoms with Gasteiger partial charge in [-0.3, -0.25) is 24.5 Å². The van der Waals surface area contributed by atoms with Crippen molar-refractivity contribution in [2.45, 2.75) is 45.4 Å². The largest absolute Gasteiger partial charge is 0.514 e. The molecule has 0 aromatic heterocycles. The lowest BCUT2D eigenvalue weighted by molar-refractivity contribution is -0.384. The van der Waals surface area contributed by atoms with Crippen LogP contribution < -0.4 is 26.0 Å².